The number of benzene rings is 1. The van der Waals surface area contributed by atoms with Gasteiger partial charge in [0.1, 0.15) is 0 Å². The number of hydrogen-bond donors (Lipinski definition) is 1. The van der Waals surface area contributed by atoms with Gasteiger partial charge in [0.05, 0.1) is 0 Å². The van der Waals surface area contributed by atoms with Crippen LogP contribution in [0.15, 0.2) is 29.2 Å². The fourth-order valence-electron chi connectivity index (χ4n) is 2.33. The van der Waals surface area contributed by atoms with E-state index in [2.05, 4.69) is 0 Å². The van der Waals surface area contributed by atoms with Gasteiger partial charge in [0.25, 0.3) is 11.7 Å². The van der Waals surface area contributed by atoms with E-state index in [4.69, 9.17) is 5.73 Å². The van der Waals surface area contributed by atoms with Gasteiger partial charge in [-0.1, -0.05) is 11.8 Å². The first kappa shape index (κ1) is 15.8. The first-order chi connectivity index (χ1) is 9.97. The van der Waals surface area contributed by atoms with Crippen LogP contribution >= 0.6 is 11.8 Å². The molecule has 1 heterocycles. The molecule has 2 rings (SSSR count). The minimum Gasteiger partial charge on any atom is -0.369 e. The minimum absolute atomic E-state index is 0.147. The molecule has 0 saturated carbocycles. The van der Waals surface area contributed by atoms with Crippen molar-refractivity contribution in [3.63, 3.8) is 0 Å². The van der Waals surface area contributed by atoms with Gasteiger partial charge in [0, 0.05) is 29.5 Å². The van der Waals surface area contributed by atoms with E-state index in [1.807, 2.05) is 0 Å². The highest BCUT2D eigenvalue weighted by Gasteiger charge is 2.26. The number of primary amides is 1. The van der Waals surface area contributed by atoms with Gasteiger partial charge in [-0.3, -0.25) is 9.59 Å². The van der Waals surface area contributed by atoms with Crippen molar-refractivity contribution in [2.75, 3.05) is 13.1 Å². The van der Waals surface area contributed by atoms with E-state index in [0.717, 1.165) is 0 Å². The van der Waals surface area contributed by atoms with E-state index >= 15 is 0 Å². The Hall–Kier alpha value is -1.63. The van der Waals surface area contributed by atoms with Crippen LogP contribution in [0, 0.1) is 5.92 Å². The highest BCUT2D eigenvalue weighted by Crippen LogP contribution is 2.26. The third kappa shape index (κ3) is 4.17. The third-order valence-electron chi connectivity index (χ3n) is 3.51. The first-order valence-corrected chi connectivity index (χ1v) is 7.49. The molecular weight excluding hydrogens is 298 g/mol. The van der Waals surface area contributed by atoms with Crippen molar-refractivity contribution < 1.29 is 18.4 Å². The summed E-state index contributed by atoms with van der Waals surface area (Å²) in [7, 11) is 0. The molecule has 21 heavy (non-hydrogen) atoms. The normalized spacial score (nSPS) is 16.2. The molecule has 0 aromatic heterocycles. The second-order valence-electron chi connectivity index (χ2n) is 4.87. The fourth-order valence-corrected chi connectivity index (χ4v) is 2.83. The van der Waals surface area contributed by atoms with Crippen molar-refractivity contribution in [2.45, 2.75) is 23.5 Å². The summed E-state index contributed by atoms with van der Waals surface area (Å²) in [5.74, 6) is -3.11. The summed E-state index contributed by atoms with van der Waals surface area (Å²) in [6.45, 7) is 0.972. The van der Waals surface area contributed by atoms with E-state index in [9.17, 15) is 18.4 Å². The van der Waals surface area contributed by atoms with Crippen LogP contribution in [0.3, 0.4) is 0 Å². The van der Waals surface area contributed by atoms with Gasteiger partial charge in [-0.2, -0.15) is 8.78 Å². The van der Waals surface area contributed by atoms with Crippen LogP contribution in [-0.4, -0.2) is 35.6 Å². The standard InChI is InChI=1S/C14H16F2N2O2S/c15-14(16)21-11-3-1-10(2-4-11)13(20)18-7-5-9(6-8-18)12(17)19/h1-4,9,14H,5-8H2,(H2,17,19). The maximum atomic E-state index is 12.3. The SMILES string of the molecule is NC(=O)C1CCN(C(=O)c2ccc(SC(F)F)cc2)CC1. The topological polar surface area (TPSA) is 63.4 Å². The van der Waals surface area contributed by atoms with E-state index < -0.39 is 5.76 Å². The molecule has 1 aliphatic rings. The number of rotatable bonds is 4. The lowest BCUT2D eigenvalue weighted by molar-refractivity contribution is -0.123. The third-order valence-corrected chi connectivity index (χ3v) is 4.23. The molecule has 2 N–H and O–H groups in total. The molecule has 2 amide bonds. The molecule has 0 atom stereocenters. The van der Waals surface area contributed by atoms with Gasteiger partial charge in [-0.25, -0.2) is 0 Å². The Balaban J connectivity index is 1.96. The second-order valence-corrected chi connectivity index (χ2v) is 5.94. The first-order valence-electron chi connectivity index (χ1n) is 6.61. The summed E-state index contributed by atoms with van der Waals surface area (Å²) >= 11 is 0.448. The number of piperidine rings is 1. The predicted octanol–water partition coefficient (Wildman–Crippen LogP) is 2.34. The largest absolute Gasteiger partial charge is 0.369 e. The van der Waals surface area contributed by atoms with Crippen LogP contribution in [0.2, 0.25) is 0 Å². The number of nitrogens with zero attached hydrogens (tertiary/aromatic N) is 1. The zero-order chi connectivity index (χ0) is 15.4. The molecule has 0 unspecified atom stereocenters. The Morgan fingerprint density at radius 1 is 1.19 bits per heavy atom. The molecule has 1 aromatic carbocycles. The Morgan fingerprint density at radius 3 is 2.24 bits per heavy atom. The van der Waals surface area contributed by atoms with Gasteiger partial charge in [0.15, 0.2) is 0 Å². The number of alkyl halides is 2. The second kappa shape index (κ2) is 6.89. The van der Waals surface area contributed by atoms with E-state index in [0.29, 0.717) is 48.2 Å². The van der Waals surface area contributed by atoms with Gasteiger partial charge in [0.2, 0.25) is 5.91 Å². The van der Waals surface area contributed by atoms with E-state index in [1.54, 1.807) is 17.0 Å². The highest BCUT2D eigenvalue weighted by atomic mass is 32.2. The molecule has 0 bridgehead atoms. The average molecular weight is 314 g/mol. The summed E-state index contributed by atoms with van der Waals surface area (Å²) in [5, 5.41) is 0. The van der Waals surface area contributed by atoms with Gasteiger partial charge < -0.3 is 10.6 Å². The average Bonchev–Trinajstić information content (AvgIpc) is 2.47. The van der Waals surface area contributed by atoms with Crippen LogP contribution in [0.4, 0.5) is 8.78 Å². The zero-order valence-corrected chi connectivity index (χ0v) is 12.1. The number of nitrogens with two attached hydrogens (primary N) is 1. The maximum Gasteiger partial charge on any atom is 0.288 e. The van der Waals surface area contributed by atoms with Crippen molar-refractivity contribution in [3.05, 3.63) is 29.8 Å². The number of thioether (sulfide) groups is 1. The Labute approximate surface area is 125 Å². The lowest BCUT2D eigenvalue weighted by Gasteiger charge is -2.30. The smallest absolute Gasteiger partial charge is 0.288 e. The zero-order valence-electron chi connectivity index (χ0n) is 11.3. The minimum atomic E-state index is -2.47. The number of carbonyl (C=O) groups excluding carboxylic acids is 2. The maximum absolute atomic E-state index is 12.3. The molecule has 0 radical (unpaired) electrons. The quantitative estimate of drug-likeness (QED) is 0.868. The van der Waals surface area contributed by atoms with Crippen molar-refractivity contribution in [1.82, 2.24) is 4.90 Å². The van der Waals surface area contributed by atoms with Crippen LogP contribution in [0.1, 0.15) is 23.2 Å². The predicted molar refractivity (Wildman–Crippen MR) is 76.1 cm³/mol. The summed E-state index contributed by atoms with van der Waals surface area (Å²) < 4.78 is 24.4. The molecule has 4 nitrogen and oxygen atoms in total. The number of likely N-dealkylation sites (tertiary alicyclic amines) is 1. The molecule has 114 valence electrons. The molecule has 1 fully saturated rings. The summed E-state index contributed by atoms with van der Waals surface area (Å²) in [5.41, 5.74) is 5.71. The Morgan fingerprint density at radius 2 is 1.76 bits per heavy atom. The monoisotopic (exact) mass is 314 g/mol. The van der Waals surface area contributed by atoms with Crippen LogP contribution in [0.5, 0.6) is 0 Å². The fraction of sp³-hybridized carbons (Fsp3) is 0.429. The van der Waals surface area contributed by atoms with Crippen molar-refractivity contribution in [1.29, 1.82) is 0 Å². The lowest BCUT2D eigenvalue weighted by Crippen LogP contribution is -2.41. The van der Waals surface area contributed by atoms with Gasteiger partial charge in [-0.05, 0) is 37.1 Å². The lowest BCUT2D eigenvalue weighted by atomic mass is 9.96. The van der Waals surface area contributed by atoms with E-state index in [-0.39, 0.29) is 17.7 Å². The van der Waals surface area contributed by atoms with Crippen molar-refractivity contribution in [3.8, 4) is 0 Å². The molecule has 1 aromatic rings. The molecular formula is C14H16F2N2O2S. The molecule has 0 aliphatic carbocycles. The van der Waals surface area contributed by atoms with Crippen molar-refractivity contribution >= 4 is 23.6 Å². The van der Waals surface area contributed by atoms with Crippen LogP contribution < -0.4 is 5.73 Å². The summed E-state index contributed by atoms with van der Waals surface area (Å²) in [6, 6.07) is 6.13. The van der Waals surface area contributed by atoms with Gasteiger partial charge >= 0.3 is 0 Å². The number of carbonyl (C=O) groups is 2. The molecule has 1 saturated heterocycles. The highest BCUT2D eigenvalue weighted by molar-refractivity contribution is 7.99. The molecule has 1 aliphatic heterocycles. The van der Waals surface area contributed by atoms with Crippen LogP contribution in [0.25, 0.3) is 0 Å². The van der Waals surface area contributed by atoms with E-state index in [1.165, 1.54) is 12.1 Å². The van der Waals surface area contributed by atoms with Crippen molar-refractivity contribution in [2.24, 2.45) is 11.7 Å². The van der Waals surface area contributed by atoms with Gasteiger partial charge in [-0.15, -0.1) is 0 Å². The summed E-state index contributed by atoms with van der Waals surface area (Å²) in [4.78, 5) is 25.4. The Kier molecular flexibility index (Phi) is 5.17. The van der Waals surface area contributed by atoms with Crippen LogP contribution in [-0.2, 0) is 4.79 Å². The molecule has 0 spiro atoms. The number of amides is 2. The molecule has 7 heteroatoms. The Bertz CT molecular complexity index is 514. The summed E-state index contributed by atoms with van der Waals surface area (Å²) in [6.07, 6.45) is 1.14. The number of hydrogen-bond acceptors (Lipinski definition) is 3. The number of halogens is 2.